The Kier molecular flexibility index (Phi) is 4.98. The number of nitrogens with zero attached hydrogens (tertiary/aromatic N) is 4. The van der Waals surface area contributed by atoms with Crippen molar-refractivity contribution >= 4 is 5.96 Å². The van der Waals surface area contributed by atoms with Crippen LogP contribution in [-0.4, -0.2) is 32.4 Å². The van der Waals surface area contributed by atoms with Gasteiger partial charge in [0.15, 0.2) is 5.96 Å². The highest BCUT2D eigenvalue weighted by molar-refractivity contribution is 5.80. The van der Waals surface area contributed by atoms with Crippen LogP contribution in [0.4, 0.5) is 0 Å². The van der Waals surface area contributed by atoms with E-state index >= 15 is 0 Å². The van der Waals surface area contributed by atoms with Gasteiger partial charge < -0.3 is 15.7 Å². The topological polar surface area (TPSA) is 87.4 Å². The molecule has 0 radical (unpaired) electrons. The first-order valence-electron chi connectivity index (χ1n) is 8.40. The van der Waals surface area contributed by atoms with Gasteiger partial charge in [0.25, 0.3) is 0 Å². The minimum absolute atomic E-state index is 0.123. The van der Waals surface area contributed by atoms with Gasteiger partial charge in [-0.25, -0.2) is 14.7 Å². The van der Waals surface area contributed by atoms with Crippen molar-refractivity contribution in [3.05, 3.63) is 41.5 Å². The maximum absolute atomic E-state index is 9.35. The minimum Gasteiger partial charge on any atom is -0.508 e. The summed E-state index contributed by atoms with van der Waals surface area (Å²) in [5, 5.41) is 20.5. The quantitative estimate of drug-likeness (QED) is 0.589. The fourth-order valence-electron chi connectivity index (χ4n) is 2.86. The van der Waals surface area contributed by atoms with Crippen LogP contribution in [0.1, 0.15) is 43.0 Å². The fourth-order valence-corrected chi connectivity index (χ4v) is 2.86. The van der Waals surface area contributed by atoms with Crippen LogP contribution < -0.4 is 10.6 Å². The van der Waals surface area contributed by atoms with Gasteiger partial charge in [0.2, 0.25) is 0 Å². The molecule has 1 aliphatic heterocycles. The number of hydrogen-bond acceptors (Lipinski definition) is 4. The minimum atomic E-state index is 0.123. The van der Waals surface area contributed by atoms with Gasteiger partial charge in [-0.1, -0.05) is 12.1 Å². The van der Waals surface area contributed by atoms with Crippen molar-refractivity contribution < 1.29 is 5.11 Å². The molecule has 1 unspecified atom stereocenters. The first-order chi connectivity index (χ1) is 11.7. The van der Waals surface area contributed by atoms with E-state index in [2.05, 4.69) is 25.7 Å². The average molecular weight is 328 g/mol. The van der Waals surface area contributed by atoms with Crippen molar-refractivity contribution in [1.82, 2.24) is 25.4 Å². The van der Waals surface area contributed by atoms with E-state index in [-0.39, 0.29) is 11.8 Å². The maximum atomic E-state index is 9.35. The number of fused-ring (bicyclic) bond motifs is 1. The molecule has 1 aromatic carbocycles. The number of rotatable bonds is 4. The molecule has 128 valence electrons. The van der Waals surface area contributed by atoms with Crippen LogP contribution in [0.2, 0.25) is 0 Å². The largest absolute Gasteiger partial charge is 0.508 e. The zero-order valence-electron chi connectivity index (χ0n) is 14.2. The molecule has 1 aromatic heterocycles. The lowest BCUT2D eigenvalue weighted by Gasteiger charge is -2.25. The summed E-state index contributed by atoms with van der Waals surface area (Å²) in [5.74, 6) is 2.83. The number of guanidine groups is 1. The summed E-state index contributed by atoms with van der Waals surface area (Å²) < 4.78 is 1.99. The second kappa shape index (κ2) is 7.33. The summed E-state index contributed by atoms with van der Waals surface area (Å²) in [5.41, 5.74) is 1.05. The molecule has 0 fully saturated rings. The number of hydrogen-bond donors (Lipinski definition) is 3. The van der Waals surface area contributed by atoms with E-state index in [9.17, 15) is 5.11 Å². The number of benzene rings is 1. The molecule has 1 atom stereocenters. The summed E-state index contributed by atoms with van der Waals surface area (Å²) in [4.78, 5) is 9.20. The summed E-state index contributed by atoms with van der Waals surface area (Å²) in [6.07, 6.45) is 2.09. The van der Waals surface area contributed by atoms with Crippen molar-refractivity contribution in [3.63, 3.8) is 0 Å². The Hall–Kier alpha value is -2.57. The van der Waals surface area contributed by atoms with Crippen LogP contribution >= 0.6 is 0 Å². The van der Waals surface area contributed by atoms with Crippen LogP contribution in [0.25, 0.3) is 0 Å². The van der Waals surface area contributed by atoms with Gasteiger partial charge in [0.05, 0.1) is 12.6 Å². The third-order valence-corrected chi connectivity index (χ3v) is 3.99. The lowest BCUT2D eigenvalue weighted by atomic mass is 10.1. The number of nitrogens with one attached hydrogen (secondary N) is 2. The molecule has 1 aliphatic rings. The van der Waals surface area contributed by atoms with Gasteiger partial charge in [0.1, 0.15) is 17.4 Å². The monoisotopic (exact) mass is 328 g/mol. The maximum Gasteiger partial charge on any atom is 0.192 e. The molecule has 3 N–H and O–H groups in total. The molecule has 2 heterocycles. The number of aromatic nitrogens is 3. The third kappa shape index (κ3) is 3.84. The van der Waals surface area contributed by atoms with Crippen molar-refractivity contribution in [3.8, 4) is 5.75 Å². The molecular weight excluding hydrogens is 304 g/mol. The molecule has 0 bridgehead atoms. The molecule has 0 aliphatic carbocycles. The molecule has 24 heavy (non-hydrogen) atoms. The van der Waals surface area contributed by atoms with E-state index in [0.717, 1.165) is 49.1 Å². The average Bonchev–Trinajstić information content (AvgIpc) is 2.95. The fraction of sp³-hybridized carbons (Fsp3) is 0.471. The Labute approximate surface area is 141 Å². The number of aromatic hydroxyl groups is 1. The van der Waals surface area contributed by atoms with E-state index in [1.54, 1.807) is 12.1 Å². The molecule has 0 amide bonds. The summed E-state index contributed by atoms with van der Waals surface area (Å²) in [6.45, 7) is 6.24. The summed E-state index contributed by atoms with van der Waals surface area (Å²) in [6, 6.07) is 7.24. The van der Waals surface area contributed by atoms with Crippen LogP contribution in [-0.2, 0) is 13.1 Å². The Balaban J connectivity index is 1.72. The highest BCUT2D eigenvalue weighted by Crippen LogP contribution is 2.22. The predicted molar refractivity (Wildman–Crippen MR) is 92.8 cm³/mol. The molecule has 0 spiro atoms. The Morgan fingerprint density at radius 2 is 2.17 bits per heavy atom. The molecule has 0 saturated heterocycles. The molecule has 7 heteroatoms. The van der Waals surface area contributed by atoms with Crippen LogP contribution in [0, 0.1) is 6.92 Å². The van der Waals surface area contributed by atoms with Gasteiger partial charge in [-0.05, 0) is 44.4 Å². The SMILES string of the molecule is CCNC(=NCc1ccc(O)cc1)NC1CCCn2nc(C)nc21. The molecular formula is C17H24N6O. The van der Waals surface area contributed by atoms with Gasteiger partial charge >= 0.3 is 0 Å². The Morgan fingerprint density at radius 3 is 2.92 bits per heavy atom. The normalized spacial score (nSPS) is 17.4. The zero-order valence-corrected chi connectivity index (χ0v) is 14.2. The van der Waals surface area contributed by atoms with Crippen molar-refractivity contribution in [2.45, 2.75) is 45.8 Å². The molecule has 2 aromatic rings. The standard InChI is InChI=1S/C17H24N6O/c1-3-18-17(19-11-13-6-8-14(24)9-7-13)21-15-5-4-10-23-16(15)20-12(2)22-23/h6-9,15,24H,3-5,10-11H2,1-2H3,(H2,18,19,21). The number of aryl methyl sites for hydroxylation is 2. The van der Waals surface area contributed by atoms with Crippen molar-refractivity contribution in [2.75, 3.05) is 6.54 Å². The van der Waals surface area contributed by atoms with E-state index in [4.69, 9.17) is 0 Å². The lowest BCUT2D eigenvalue weighted by molar-refractivity contribution is 0.397. The first-order valence-corrected chi connectivity index (χ1v) is 8.40. The van der Waals surface area contributed by atoms with Crippen molar-refractivity contribution in [2.24, 2.45) is 4.99 Å². The Bertz CT molecular complexity index is 706. The summed E-state index contributed by atoms with van der Waals surface area (Å²) in [7, 11) is 0. The Morgan fingerprint density at radius 1 is 1.38 bits per heavy atom. The molecule has 0 saturated carbocycles. The van der Waals surface area contributed by atoms with E-state index < -0.39 is 0 Å². The number of phenols is 1. The lowest BCUT2D eigenvalue weighted by Crippen LogP contribution is -2.41. The second-order valence-corrected chi connectivity index (χ2v) is 5.94. The summed E-state index contributed by atoms with van der Waals surface area (Å²) >= 11 is 0. The third-order valence-electron chi connectivity index (χ3n) is 3.99. The van der Waals surface area contributed by atoms with E-state index in [0.29, 0.717) is 6.54 Å². The number of aliphatic imine (C=N–C) groups is 1. The van der Waals surface area contributed by atoms with Crippen LogP contribution in [0.15, 0.2) is 29.3 Å². The zero-order chi connectivity index (χ0) is 16.9. The van der Waals surface area contributed by atoms with Gasteiger partial charge in [-0.2, -0.15) is 5.10 Å². The highest BCUT2D eigenvalue weighted by Gasteiger charge is 2.24. The highest BCUT2D eigenvalue weighted by atomic mass is 16.3. The first kappa shape index (κ1) is 16.3. The van der Waals surface area contributed by atoms with E-state index in [1.165, 1.54) is 0 Å². The number of phenolic OH excluding ortho intramolecular Hbond substituents is 1. The van der Waals surface area contributed by atoms with Crippen LogP contribution in [0.5, 0.6) is 5.75 Å². The molecule has 7 nitrogen and oxygen atoms in total. The predicted octanol–water partition coefficient (Wildman–Crippen LogP) is 1.88. The van der Waals surface area contributed by atoms with Gasteiger partial charge in [-0.15, -0.1) is 0 Å². The van der Waals surface area contributed by atoms with Gasteiger partial charge in [0, 0.05) is 13.1 Å². The van der Waals surface area contributed by atoms with Gasteiger partial charge in [-0.3, -0.25) is 0 Å². The van der Waals surface area contributed by atoms with E-state index in [1.807, 2.05) is 30.7 Å². The second-order valence-electron chi connectivity index (χ2n) is 5.94. The van der Waals surface area contributed by atoms with Crippen molar-refractivity contribution in [1.29, 1.82) is 0 Å². The van der Waals surface area contributed by atoms with Crippen LogP contribution in [0.3, 0.4) is 0 Å². The smallest absolute Gasteiger partial charge is 0.192 e. The molecule has 3 rings (SSSR count).